The summed E-state index contributed by atoms with van der Waals surface area (Å²) in [6.07, 6.45) is 0. The lowest BCUT2D eigenvalue weighted by atomic mass is 9.92. The van der Waals surface area contributed by atoms with Crippen LogP contribution in [-0.2, 0) is 9.59 Å². The van der Waals surface area contributed by atoms with Gasteiger partial charge in [-0.15, -0.1) is 0 Å². The number of Topliss-reactive ketones (excluding diaryl/α,β-unsaturated/α-hetero) is 1. The van der Waals surface area contributed by atoms with E-state index in [0.29, 0.717) is 54.2 Å². The predicted molar refractivity (Wildman–Crippen MR) is 152 cm³/mol. The summed E-state index contributed by atoms with van der Waals surface area (Å²) in [4.78, 5) is 28.6. The molecule has 0 spiro atoms. The Kier molecular flexibility index (Phi) is 8.59. The second-order valence-electron chi connectivity index (χ2n) is 9.75. The molecule has 1 saturated heterocycles. The van der Waals surface area contributed by atoms with Gasteiger partial charge in [-0.3, -0.25) is 14.5 Å². The van der Waals surface area contributed by atoms with E-state index in [2.05, 4.69) is 13.8 Å². The molecule has 7 heteroatoms. The number of aryl methyl sites for hydroxylation is 1. The molecule has 1 N–H and O–H groups in total. The zero-order valence-corrected chi connectivity index (χ0v) is 23.1. The minimum atomic E-state index is -0.838. The van der Waals surface area contributed by atoms with E-state index < -0.39 is 17.7 Å². The number of carbonyl (C=O) groups excluding carboxylic acids is 2. The lowest BCUT2D eigenvalue weighted by molar-refractivity contribution is -0.132. The molecule has 1 atom stereocenters. The number of hydrogen-bond donors (Lipinski definition) is 1. The minimum Gasteiger partial charge on any atom is -0.507 e. The van der Waals surface area contributed by atoms with Gasteiger partial charge in [-0.25, -0.2) is 0 Å². The number of anilines is 1. The molecule has 3 aromatic rings. The molecule has 1 fully saturated rings. The molecule has 1 heterocycles. The molecule has 1 amide bonds. The van der Waals surface area contributed by atoms with E-state index in [1.54, 1.807) is 42.5 Å². The van der Waals surface area contributed by atoms with E-state index >= 15 is 0 Å². The highest BCUT2D eigenvalue weighted by molar-refractivity contribution is 6.51. The van der Waals surface area contributed by atoms with E-state index in [1.165, 1.54) is 4.90 Å². The van der Waals surface area contributed by atoms with Gasteiger partial charge in [0.25, 0.3) is 11.7 Å². The summed E-state index contributed by atoms with van der Waals surface area (Å²) in [5.74, 6) is 0.199. The van der Waals surface area contributed by atoms with Crippen LogP contribution in [0, 0.1) is 12.8 Å². The highest BCUT2D eigenvalue weighted by Gasteiger charge is 2.47. The summed E-state index contributed by atoms with van der Waals surface area (Å²) < 4.78 is 17.2. The van der Waals surface area contributed by atoms with Crippen molar-refractivity contribution in [2.45, 2.75) is 40.7 Å². The van der Waals surface area contributed by atoms with Gasteiger partial charge in [0.1, 0.15) is 23.0 Å². The van der Waals surface area contributed by atoms with Crippen molar-refractivity contribution >= 4 is 23.1 Å². The molecular formula is C32H35NO6. The summed E-state index contributed by atoms with van der Waals surface area (Å²) in [7, 11) is 0. The van der Waals surface area contributed by atoms with Crippen molar-refractivity contribution in [1.82, 2.24) is 0 Å². The topological polar surface area (TPSA) is 85.3 Å². The molecule has 1 aliphatic heterocycles. The van der Waals surface area contributed by atoms with Gasteiger partial charge in [-0.1, -0.05) is 38.1 Å². The van der Waals surface area contributed by atoms with Crippen LogP contribution in [0.5, 0.6) is 17.2 Å². The summed E-state index contributed by atoms with van der Waals surface area (Å²) in [6, 6.07) is 18.8. The Labute approximate surface area is 229 Å². The van der Waals surface area contributed by atoms with Crippen LogP contribution in [0.2, 0.25) is 0 Å². The fourth-order valence-electron chi connectivity index (χ4n) is 4.63. The van der Waals surface area contributed by atoms with Crippen molar-refractivity contribution in [2.75, 3.05) is 24.7 Å². The largest absolute Gasteiger partial charge is 0.507 e. The standard InChI is InChI=1S/C32H35NO6/c1-6-37-24-16-17-26(27(18-24)38-7-2)30(34)28-29(25-11-9-8-10-21(25)5)33(32(36)31(28)35)22-12-14-23(15-13-22)39-19-20(3)4/h8-18,20,29,34H,6-7,19H2,1-5H3/b30-28+. The van der Waals surface area contributed by atoms with Crippen LogP contribution in [0.25, 0.3) is 5.76 Å². The highest BCUT2D eigenvalue weighted by Crippen LogP contribution is 2.44. The average Bonchev–Trinajstić information content (AvgIpc) is 3.18. The highest BCUT2D eigenvalue weighted by atomic mass is 16.5. The van der Waals surface area contributed by atoms with Gasteiger partial charge in [-0.2, -0.15) is 0 Å². The van der Waals surface area contributed by atoms with Crippen LogP contribution in [0.1, 0.15) is 50.4 Å². The van der Waals surface area contributed by atoms with Gasteiger partial charge in [0.05, 0.1) is 37.0 Å². The van der Waals surface area contributed by atoms with Crippen molar-refractivity contribution in [3.8, 4) is 17.2 Å². The van der Waals surface area contributed by atoms with Gasteiger partial charge in [0.2, 0.25) is 0 Å². The van der Waals surface area contributed by atoms with Crippen LogP contribution in [-0.4, -0.2) is 36.6 Å². The van der Waals surface area contributed by atoms with Crippen molar-refractivity contribution in [2.24, 2.45) is 5.92 Å². The molecule has 7 nitrogen and oxygen atoms in total. The van der Waals surface area contributed by atoms with E-state index in [1.807, 2.05) is 45.0 Å². The van der Waals surface area contributed by atoms with E-state index in [0.717, 1.165) is 11.1 Å². The number of rotatable bonds is 10. The number of amides is 1. The molecule has 204 valence electrons. The quantitative estimate of drug-likeness (QED) is 0.184. The van der Waals surface area contributed by atoms with Crippen LogP contribution in [0.4, 0.5) is 5.69 Å². The molecule has 1 unspecified atom stereocenters. The van der Waals surface area contributed by atoms with Crippen LogP contribution in [0.3, 0.4) is 0 Å². The Hall–Kier alpha value is -4.26. The average molecular weight is 530 g/mol. The summed E-state index contributed by atoms with van der Waals surface area (Å²) in [5, 5.41) is 11.6. The number of aliphatic hydroxyl groups is 1. The third-order valence-corrected chi connectivity index (χ3v) is 6.44. The van der Waals surface area contributed by atoms with Crippen LogP contribution >= 0.6 is 0 Å². The van der Waals surface area contributed by atoms with Gasteiger partial charge >= 0.3 is 0 Å². The van der Waals surface area contributed by atoms with Crippen molar-refractivity contribution in [3.63, 3.8) is 0 Å². The Morgan fingerprint density at radius 3 is 2.21 bits per heavy atom. The monoisotopic (exact) mass is 529 g/mol. The van der Waals surface area contributed by atoms with E-state index in [9.17, 15) is 14.7 Å². The first-order chi connectivity index (χ1) is 18.8. The molecular weight excluding hydrogens is 494 g/mol. The second-order valence-corrected chi connectivity index (χ2v) is 9.75. The summed E-state index contributed by atoms with van der Waals surface area (Å²) >= 11 is 0. The zero-order chi connectivity index (χ0) is 28.1. The summed E-state index contributed by atoms with van der Waals surface area (Å²) in [6.45, 7) is 11.1. The lowest BCUT2D eigenvalue weighted by Crippen LogP contribution is -2.29. The first-order valence-electron chi connectivity index (χ1n) is 13.3. The first kappa shape index (κ1) is 27.8. The maximum Gasteiger partial charge on any atom is 0.300 e. The molecule has 3 aromatic carbocycles. The number of aliphatic hydroxyl groups excluding tert-OH is 1. The van der Waals surface area contributed by atoms with Gasteiger partial charge in [0, 0.05) is 11.8 Å². The van der Waals surface area contributed by atoms with Gasteiger partial charge < -0.3 is 19.3 Å². The van der Waals surface area contributed by atoms with Crippen LogP contribution < -0.4 is 19.1 Å². The molecule has 0 aliphatic carbocycles. The Balaban J connectivity index is 1.87. The van der Waals surface area contributed by atoms with Crippen molar-refractivity contribution in [3.05, 3.63) is 89.0 Å². The normalized spacial score (nSPS) is 16.6. The number of benzene rings is 3. The van der Waals surface area contributed by atoms with E-state index in [-0.39, 0.29) is 11.3 Å². The lowest BCUT2D eigenvalue weighted by Gasteiger charge is -2.27. The molecule has 4 rings (SSSR count). The molecule has 0 radical (unpaired) electrons. The van der Waals surface area contributed by atoms with Gasteiger partial charge in [0.15, 0.2) is 0 Å². The predicted octanol–water partition coefficient (Wildman–Crippen LogP) is 6.45. The zero-order valence-electron chi connectivity index (χ0n) is 23.1. The van der Waals surface area contributed by atoms with Gasteiger partial charge in [-0.05, 0) is 74.2 Å². The molecule has 1 aliphatic rings. The molecule has 39 heavy (non-hydrogen) atoms. The molecule has 0 aromatic heterocycles. The third-order valence-electron chi connectivity index (χ3n) is 6.44. The number of ether oxygens (including phenoxy) is 3. The van der Waals surface area contributed by atoms with Crippen molar-refractivity contribution in [1.29, 1.82) is 0 Å². The fraction of sp³-hybridized carbons (Fsp3) is 0.312. The minimum absolute atomic E-state index is 0.000419. The Morgan fingerprint density at radius 1 is 0.897 bits per heavy atom. The third kappa shape index (κ3) is 5.77. The second kappa shape index (κ2) is 12.1. The summed E-state index contributed by atoms with van der Waals surface area (Å²) in [5.41, 5.74) is 2.46. The first-order valence-corrected chi connectivity index (χ1v) is 13.3. The maximum atomic E-state index is 13.6. The Bertz CT molecular complexity index is 1380. The SMILES string of the molecule is CCOc1ccc(/C(O)=C2\C(=O)C(=O)N(c3ccc(OCC(C)C)cc3)C2c2ccccc2C)c(OCC)c1. The van der Waals surface area contributed by atoms with Crippen molar-refractivity contribution < 1.29 is 28.9 Å². The number of hydrogen-bond acceptors (Lipinski definition) is 6. The number of carbonyl (C=O) groups is 2. The maximum absolute atomic E-state index is 13.6. The molecule has 0 saturated carbocycles. The number of ketones is 1. The van der Waals surface area contributed by atoms with Crippen LogP contribution in [0.15, 0.2) is 72.3 Å². The smallest absolute Gasteiger partial charge is 0.300 e. The number of nitrogens with zero attached hydrogens (tertiary/aromatic N) is 1. The molecule has 0 bridgehead atoms. The van der Waals surface area contributed by atoms with E-state index in [4.69, 9.17) is 14.2 Å². The fourth-order valence-corrected chi connectivity index (χ4v) is 4.63. The Morgan fingerprint density at radius 2 is 1.56 bits per heavy atom.